The first-order valence-electron chi connectivity index (χ1n) is 9.84. The lowest BCUT2D eigenvalue weighted by Crippen LogP contribution is -2.45. The number of likely N-dealkylation sites (tertiary alicyclic amines) is 1. The SMILES string of the molecule is CCNC(=NCc1ccc(Br)cc1F)NC1CCN(C(=O)C2CCCC2)C1.I. The molecule has 0 radical (unpaired) electrons. The predicted molar refractivity (Wildman–Crippen MR) is 124 cm³/mol. The fourth-order valence-corrected chi connectivity index (χ4v) is 4.17. The molecule has 8 heteroatoms. The van der Waals surface area contributed by atoms with Gasteiger partial charge in [0.1, 0.15) is 5.82 Å². The Kier molecular flexibility index (Phi) is 9.46. The molecule has 156 valence electrons. The second-order valence-corrected chi connectivity index (χ2v) is 8.24. The monoisotopic (exact) mass is 566 g/mol. The van der Waals surface area contributed by atoms with Crippen LogP contribution in [0.2, 0.25) is 0 Å². The highest BCUT2D eigenvalue weighted by molar-refractivity contribution is 14.0. The molecular weight excluding hydrogens is 538 g/mol. The normalized spacial score (nSPS) is 20.2. The van der Waals surface area contributed by atoms with Crippen LogP contribution in [0.15, 0.2) is 27.7 Å². The number of carbonyl (C=O) groups is 1. The molecular formula is C20H29BrFIN4O. The van der Waals surface area contributed by atoms with Gasteiger partial charge in [0, 0.05) is 41.6 Å². The smallest absolute Gasteiger partial charge is 0.225 e. The number of guanidine groups is 1. The Balaban J connectivity index is 0.00000280. The van der Waals surface area contributed by atoms with Crippen molar-refractivity contribution in [2.75, 3.05) is 19.6 Å². The Morgan fingerprint density at radius 1 is 1.32 bits per heavy atom. The Labute approximate surface area is 192 Å². The summed E-state index contributed by atoms with van der Waals surface area (Å²) in [5.41, 5.74) is 0.555. The van der Waals surface area contributed by atoms with Gasteiger partial charge in [-0.3, -0.25) is 4.79 Å². The van der Waals surface area contributed by atoms with Crippen LogP contribution in [0.3, 0.4) is 0 Å². The van der Waals surface area contributed by atoms with Crippen LogP contribution in [0.4, 0.5) is 4.39 Å². The molecule has 5 nitrogen and oxygen atoms in total. The third-order valence-electron chi connectivity index (χ3n) is 5.31. The molecule has 2 fully saturated rings. The maximum atomic E-state index is 14.0. The largest absolute Gasteiger partial charge is 0.357 e. The van der Waals surface area contributed by atoms with Crippen LogP contribution in [0.1, 0.15) is 44.6 Å². The zero-order valence-corrected chi connectivity index (χ0v) is 20.1. The topological polar surface area (TPSA) is 56.7 Å². The molecule has 0 bridgehead atoms. The first kappa shape index (κ1) is 23.4. The van der Waals surface area contributed by atoms with Gasteiger partial charge in [0.05, 0.1) is 6.54 Å². The molecule has 2 N–H and O–H groups in total. The minimum atomic E-state index is -0.266. The van der Waals surface area contributed by atoms with Gasteiger partial charge in [0.2, 0.25) is 5.91 Å². The Hall–Kier alpha value is -0.900. The lowest BCUT2D eigenvalue weighted by atomic mass is 10.1. The Morgan fingerprint density at radius 2 is 2.07 bits per heavy atom. The molecule has 1 unspecified atom stereocenters. The van der Waals surface area contributed by atoms with E-state index in [1.165, 1.54) is 18.9 Å². The van der Waals surface area contributed by atoms with Crippen molar-refractivity contribution in [3.63, 3.8) is 0 Å². The third-order valence-corrected chi connectivity index (χ3v) is 5.81. The van der Waals surface area contributed by atoms with Gasteiger partial charge in [-0.15, -0.1) is 24.0 Å². The van der Waals surface area contributed by atoms with Crippen molar-refractivity contribution >= 4 is 51.8 Å². The number of carbonyl (C=O) groups excluding carboxylic acids is 1. The summed E-state index contributed by atoms with van der Waals surface area (Å²) in [6.07, 6.45) is 5.34. The average Bonchev–Trinajstić information content (AvgIpc) is 3.32. The van der Waals surface area contributed by atoms with Crippen LogP contribution in [-0.4, -0.2) is 42.4 Å². The predicted octanol–water partition coefficient (Wildman–Crippen LogP) is 4.05. The number of nitrogens with zero attached hydrogens (tertiary/aromatic N) is 2. The van der Waals surface area contributed by atoms with E-state index in [4.69, 9.17) is 0 Å². The van der Waals surface area contributed by atoms with Gasteiger partial charge in [-0.2, -0.15) is 0 Å². The van der Waals surface area contributed by atoms with E-state index in [0.29, 0.717) is 24.0 Å². The van der Waals surface area contributed by atoms with Gasteiger partial charge in [-0.1, -0.05) is 34.8 Å². The van der Waals surface area contributed by atoms with Gasteiger partial charge in [0.25, 0.3) is 0 Å². The molecule has 1 aliphatic heterocycles. The van der Waals surface area contributed by atoms with Crippen molar-refractivity contribution in [1.82, 2.24) is 15.5 Å². The molecule has 1 atom stereocenters. The number of hydrogen-bond donors (Lipinski definition) is 2. The van der Waals surface area contributed by atoms with Crippen molar-refractivity contribution < 1.29 is 9.18 Å². The first-order chi connectivity index (χ1) is 13.1. The highest BCUT2D eigenvalue weighted by atomic mass is 127. The van der Waals surface area contributed by atoms with E-state index in [-0.39, 0.29) is 48.3 Å². The average molecular weight is 567 g/mol. The van der Waals surface area contributed by atoms with Crippen LogP contribution in [0, 0.1) is 11.7 Å². The summed E-state index contributed by atoms with van der Waals surface area (Å²) in [6.45, 7) is 4.51. The Morgan fingerprint density at radius 3 is 2.75 bits per heavy atom. The summed E-state index contributed by atoms with van der Waals surface area (Å²) in [7, 11) is 0. The van der Waals surface area contributed by atoms with Crippen LogP contribution >= 0.6 is 39.9 Å². The molecule has 1 saturated carbocycles. The molecule has 1 heterocycles. The maximum Gasteiger partial charge on any atom is 0.225 e. The van der Waals surface area contributed by atoms with Crippen LogP contribution in [-0.2, 0) is 11.3 Å². The zero-order chi connectivity index (χ0) is 19.2. The highest BCUT2D eigenvalue weighted by Gasteiger charge is 2.32. The lowest BCUT2D eigenvalue weighted by Gasteiger charge is -2.21. The zero-order valence-electron chi connectivity index (χ0n) is 16.2. The van der Waals surface area contributed by atoms with E-state index in [2.05, 4.69) is 31.6 Å². The minimum Gasteiger partial charge on any atom is -0.357 e. The van der Waals surface area contributed by atoms with E-state index in [1.54, 1.807) is 6.07 Å². The molecule has 0 spiro atoms. The van der Waals surface area contributed by atoms with Crippen molar-refractivity contribution in [3.8, 4) is 0 Å². The molecule has 1 aromatic carbocycles. The number of benzene rings is 1. The van der Waals surface area contributed by atoms with Crippen LogP contribution in [0.5, 0.6) is 0 Å². The fraction of sp³-hybridized carbons (Fsp3) is 0.600. The van der Waals surface area contributed by atoms with Gasteiger partial charge in [-0.05, 0) is 38.3 Å². The molecule has 3 rings (SSSR count). The van der Waals surface area contributed by atoms with Crippen molar-refractivity contribution in [2.24, 2.45) is 10.9 Å². The van der Waals surface area contributed by atoms with Crippen molar-refractivity contribution in [2.45, 2.75) is 51.6 Å². The third kappa shape index (κ3) is 6.30. The van der Waals surface area contributed by atoms with E-state index >= 15 is 0 Å². The molecule has 2 aliphatic rings. The number of amides is 1. The van der Waals surface area contributed by atoms with E-state index < -0.39 is 0 Å². The number of aliphatic imine (C=N–C) groups is 1. The van der Waals surface area contributed by atoms with Gasteiger partial charge >= 0.3 is 0 Å². The first-order valence-corrected chi connectivity index (χ1v) is 10.6. The molecule has 1 saturated heterocycles. The van der Waals surface area contributed by atoms with Gasteiger partial charge < -0.3 is 15.5 Å². The van der Waals surface area contributed by atoms with E-state index in [0.717, 1.165) is 36.8 Å². The molecule has 1 amide bonds. The number of rotatable bonds is 5. The number of hydrogen-bond acceptors (Lipinski definition) is 2. The summed E-state index contributed by atoms with van der Waals surface area (Å²) in [6, 6.07) is 5.19. The summed E-state index contributed by atoms with van der Waals surface area (Å²) >= 11 is 3.27. The van der Waals surface area contributed by atoms with Gasteiger partial charge in [0.15, 0.2) is 5.96 Å². The molecule has 0 aromatic heterocycles. The van der Waals surface area contributed by atoms with Crippen LogP contribution in [0.25, 0.3) is 0 Å². The fourth-order valence-electron chi connectivity index (χ4n) is 3.84. The quantitative estimate of drug-likeness (QED) is 0.321. The highest BCUT2D eigenvalue weighted by Crippen LogP contribution is 2.27. The molecule has 1 aliphatic carbocycles. The van der Waals surface area contributed by atoms with E-state index in [9.17, 15) is 9.18 Å². The van der Waals surface area contributed by atoms with Crippen molar-refractivity contribution in [3.05, 3.63) is 34.1 Å². The molecule has 1 aromatic rings. The second-order valence-electron chi connectivity index (χ2n) is 7.33. The van der Waals surface area contributed by atoms with Crippen molar-refractivity contribution in [1.29, 1.82) is 0 Å². The van der Waals surface area contributed by atoms with E-state index in [1.807, 2.05) is 17.9 Å². The van der Waals surface area contributed by atoms with Gasteiger partial charge in [-0.25, -0.2) is 9.38 Å². The lowest BCUT2D eigenvalue weighted by molar-refractivity contribution is -0.134. The number of nitrogens with one attached hydrogen (secondary N) is 2. The maximum absolute atomic E-state index is 14.0. The number of halogens is 3. The summed E-state index contributed by atoms with van der Waals surface area (Å²) < 4.78 is 14.7. The Bertz CT molecular complexity index is 697. The summed E-state index contributed by atoms with van der Waals surface area (Å²) in [4.78, 5) is 19.1. The second kappa shape index (κ2) is 11.3. The standard InChI is InChI=1S/C20H28BrFN4O.HI/c1-2-23-20(24-12-15-7-8-16(21)11-18(15)22)25-17-9-10-26(13-17)19(27)14-5-3-4-6-14;/h7-8,11,14,17H,2-6,9-10,12-13H2,1H3,(H2,23,24,25);1H. The minimum absolute atomic E-state index is 0. The summed E-state index contributed by atoms with van der Waals surface area (Å²) in [5.74, 6) is 0.944. The summed E-state index contributed by atoms with van der Waals surface area (Å²) in [5, 5.41) is 6.62. The molecule has 28 heavy (non-hydrogen) atoms. The van der Waals surface area contributed by atoms with Crippen LogP contribution < -0.4 is 10.6 Å².